The molecule has 6 rings (SSSR count). The molecular formula is C51H52N10O16S4. The summed E-state index contributed by atoms with van der Waals surface area (Å²) in [5.74, 6) is -2.79. The summed E-state index contributed by atoms with van der Waals surface area (Å²) in [5.41, 5.74) is 4.64. The molecule has 0 saturated carbocycles. The number of aromatic carboxylic acids is 2. The highest BCUT2D eigenvalue weighted by Crippen LogP contribution is 2.39. The molecule has 0 aliphatic carbocycles. The van der Waals surface area contributed by atoms with Crippen molar-refractivity contribution in [3.05, 3.63) is 129 Å². The van der Waals surface area contributed by atoms with Crippen LogP contribution in [0.4, 0.5) is 61.7 Å². The Hall–Kier alpha value is -8.39. The molecule has 0 heterocycles. The molecule has 0 atom stereocenters. The minimum atomic E-state index is -4.68. The van der Waals surface area contributed by atoms with Crippen LogP contribution >= 0.6 is 12.6 Å². The van der Waals surface area contributed by atoms with Crippen LogP contribution in [0.1, 0.15) is 66.9 Å². The summed E-state index contributed by atoms with van der Waals surface area (Å²) in [6, 6.07) is 17.8. The van der Waals surface area contributed by atoms with Gasteiger partial charge in [-0.05, 0) is 166 Å². The van der Waals surface area contributed by atoms with Crippen molar-refractivity contribution in [2.75, 3.05) is 35.4 Å². The number of carboxylic acids is 2. The maximum atomic E-state index is 13.8. The number of carboxylic acid groups (broad SMARTS) is 2. The Morgan fingerprint density at radius 3 is 1.07 bits per heavy atom. The lowest BCUT2D eigenvalue weighted by molar-refractivity contribution is 0.0686. The number of aryl methyl sites for hydroxylation is 6. The number of hydrogen-bond acceptors (Lipinski definition) is 20. The zero-order valence-corrected chi connectivity index (χ0v) is 47.1. The number of rotatable bonds is 23. The van der Waals surface area contributed by atoms with Crippen molar-refractivity contribution in [1.82, 2.24) is 0 Å². The molecule has 0 aromatic heterocycles. The molecule has 0 fully saturated rings. The third kappa shape index (κ3) is 17.1. The predicted octanol–water partition coefficient (Wildman–Crippen LogP) is 13.1. The third-order valence-electron chi connectivity index (χ3n) is 11.5. The van der Waals surface area contributed by atoms with Gasteiger partial charge in [-0.25, -0.2) is 14.4 Å². The number of hydrogen-bond donors (Lipinski definition) is 8. The quantitative estimate of drug-likeness (QED) is 0.0128. The second-order valence-corrected chi connectivity index (χ2v) is 22.7. The number of benzene rings is 6. The van der Waals surface area contributed by atoms with Gasteiger partial charge in [-0.1, -0.05) is 0 Å². The summed E-state index contributed by atoms with van der Waals surface area (Å²) in [4.78, 5) is 36.3. The molecule has 426 valence electrons. The van der Waals surface area contributed by atoms with Gasteiger partial charge in [-0.3, -0.25) is 13.7 Å². The van der Waals surface area contributed by atoms with Crippen molar-refractivity contribution >= 4 is 118 Å². The Bertz CT molecular complexity index is 3950. The van der Waals surface area contributed by atoms with E-state index in [4.69, 9.17) is 9.47 Å². The lowest BCUT2D eigenvalue weighted by Gasteiger charge is -2.17. The van der Waals surface area contributed by atoms with Crippen molar-refractivity contribution in [2.45, 2.75) is 64.2 Å². The monoisotopic (exact) mass is 1190 g/mol. The molecule has 6 aromatic rings. The lowest BCUT2D eigenvalue weighted by atomic mass is 10.1. The smallest absolute Gasteiger partial charge is 0.338 e. The van der Waals surface area contributed by atoms with Crippen LogP contribution < -0.4 is 20.1 Å². The second-order valence-electron chi connectivity index (χ2n) is 17.8. The first-order chi connectivity index (χ1) is 38.0. The zero-order chi connectivity index (χ0) is 59.6. The molecule has 7 N–H and O–H groups in total. The van der Waals surface area contributed by atoms with E-state index in [9.17, 15) is 63.5 Å². The van der Waals surface area contributed by atoms with Crippen molar-refractivity contribution < 1.29 is 73.0 Å². The number of nitrogens with one attached hydrogen (secondary N) is 2. The average Bonchev–Trinajstić information content (AvgIpc) is 3.47. The Morgan fingerprint density at radius 1 is 0.457 bits per heavy atom. The number of ether oxygens (including phenoxy) is 2. The van der Waals surface area contributed by atoms with Gasteiger partial charge in [0.1, 0.15) is 22.9 Å². The summed E-state index contributed by atoms with van der Waals surface area (Å²) in [5, 5.41) is 59.0. The van der Waals surface area contributed by atoms with Gasteiger partial charge in [0.2, 0.25) is 0 Å². The number of carbonyl (C=O) groups is 3. The highest BCUT2D eigenvalue weighted by Gasteiger charge is 2.21. The maximum absolute atomic E-state index is 13.8. The summed E-state index contributed by atoms with van der Waals surface area (Å²) < 4.78 is 109. The highest BCUT2D eigenvalue weighted by atomic mass is 32.2. The number of thiol groups is 1. The normalized spacial score (nSPS) is 12.2. The fraction of sp³-hybridized carbons (Fsp3) is 0.235. The van der Waals surface area contributed by atoms with Crippen LogP contribution in [-0.2, 0) is 30.4 Å². The Kier molecular flexibility index (Phi) is 20.0. The van der Waals surface area contributed by atoms with Gasteiger partial charge in [0.25, 0.3) is 30.4 Å². The van der Waals surface area contributed by atoms with E-state index in [0.29, 0.717) is 74.0 Å². The highest BCUT2D eigenvalue weighted by molar-refractivity contribution is 7.86. The van der Waals surface area contributed by atoms with Crippen molar-refractivity contribution in [3.8, 4) is 11.5 Å². The van der Waals surface area contributed by atoms with Crippen molar-refractivity contribution in [3.63, 3.8) is 0 Å². The fourth-order valence-electron chi connectivity index (χ4n) is 7.25. The summed E-state index contributed by atoms with van der Waals surface area (Å²) in [6.45, 7) is 10.3. The first-order valence-corrected chi connectivity index (χ1v) is 28.9. The van der Waals surface area contributed by atoms with E-state index < -0.39 is 75.0 Å². The molecule has 0 spiro atoms. The molecule has 0 unspecified atom stereocenters. The first-order valence-electron chi connectivity index (χ1n) is 23.8. The van der Waals surface area contributed by atoms with Gasteiger partial charge in [0, 0.05) is 12.1 Å². The minimum absolute atomic E-state index is 0.0632. The molecule has 0 aliphatic rings. The van der Waals surface area contributed by atoms with Crippen LogP contribution in [0.2, 0.25) is 0 Å². The van der Waals surface area contributed by atoms with Crippen LogP contribution in [0.25, 0.3) is 0 Å². The molecule has 0 saturated heterocycles. The number of carbonyl (C=O) groups excluding carboxylic acids is 1. The van der Waals surface area contributed by atoms with Gasteiger partial charge in [0.05, 0.1) is 85.4 Å². The van der Waals surface area contributed by atoms with E-state index in [0.717, 1.165) is 36.4 Å². The van der Waals surface area contributed by atoms with E-state index >= 15 is 0 Å². The lowest BCUT2D eigenvalue weighted by Crippen LogP contribution is -2.21. The number of urea groups is 1. The number of azo groups is 4. The average molecular weight is 1190 g/mol. The van der Waals surface area contributed by atoms with E-state index in [-0.39, 0.29) is 59.6 Å². The van der Waals surface area contributed by atoms with Crippen LogP contribution in [-0.4, -0.2) is 91.8 Å². The number of amides is 2. The van der Waals surface area contributed by atoms with Crippen LogP contribution in [0.3, 0.4) is 0 Å². The van der Waals surface area contributed by atoms with Gasteiger partial charge in [-0.2, -0.15) is 68.6 Å². The standard InChI is InChI=1S/C51H52N10O16S4/c1-27-19-41(29(3)17-39(27)56-54-37-11-9-33(80(70,71)72)23-35(37)49(62)63)58-60-43-25-47(76-13-7-15-78)45(21-31(43)5)52-51(66)53-46-22-32(6)44(26-48(46)77-14-8-16-79(67,68)69)61-59-42-20-28(2)40(18-30(42)4)57-55-38-12-10-34(81(73,74)75)24-36(38)50(64)65/h9-12,17-26,78H,7-8,13-16H2,1-6H3,(H,62,63)(H,64,65)(H2,52,53,66)(H,67,68,69)(H,70,71,72)(H,73,74,75). The largest absolute Gasteiger partial charge is 0.491 e. The Balaban J connectivity index is 1.23. The summed E-state index contributed by atoms with van der Waals surface area (Å²) in [7, 11) is -13.7. The predicted molar refractivity (Wildman–Crippen MR) is 300 cm³/mol. The van der Waals surface area contributed by atoms with Crippen LogP contribution in [0, 0.1) is 41.5 Å². The molecule has 30 heteroatoms. The molecule has 81 heavy (non-hydrogen) atoms. The van der Waals surface area contributed by atoms with E-state index in [2.05, 4.69) is 64.2 Å². The molecule has 0 bridgehead atoms. The Labute approximate surface area is 469 Å². The van der Waals surface area contributed by atoms with Gasteiger partial charge in [-0.15, -0.1) is 10.2 Å². The fourth-order valence-corrected chi connectivity index (χ4v) is 8.88. The third-order valence-corrected chi connectivity index (χ3v) is 14.4. The summed E-state index contributed by atoms with van der Waals surface area (Å²) >= 11 is 4.28. The minimum Gasteiger partial charge on any atom is -0.491 e. The molecule has 6 aromatic carbocycles. The topological polar surface area (TPSA) is 396 Å². The molecule has 0 radical (unpaired) electrons. The van der Waals surface area contributed by atoms with Crippen molar-refractivity contribution in [1.29, 1.82) is 0 Å². The zero-order valence-electron chi connectivity index (χ0n) is 43.8. The molecule has 26 nitrogen and oxygen atoms in total. The number of anilines is 2. The van der Waals surface area contributed by atoms with E-state index in [1.54, 1.807) is 84.0 Å². The SMILES string of the molecule is Cc1cc(N=Nc2ccc(S(=O)(=O)O)cc2C(=O)O)c(C)cc1N=Nc1cc(OCCCS)c(NC(=O)Nc2cc(C)c(N=Nc3cc(C)c(N=Nc4ccc(S(=O)(=O)O)cc4C(=O)O)cc3C)cc2OCCCS(=O)(=O)O)cc1C. The molecule has 2 amide bonds. The van der Waals surface area contributed by atoms with Crippen molar-refractivity contribution in [2.24, 2.45) is 40.9 Å². The van der Waals surface area contributed by atoms with E-state index in [1.165, 1.54) is 6.07 Å². The van der Waals surface area contributed by atoms with Gasteiger partial charge < -0.3 is 30.3 Å². The molecular weight excluding hydrogens is 1140 g/mol. The second kappa shape index (κ2) is 26.3. The first kappa shape index (κ1) is 61.8. The van der Waals surface area contributed by atoms with Gasteiger partial charge in [0.15, 0.2) is 0 Å². The van der Waals surface area contributed by atoms with E-state index in [1.807, 2.05) is 0 Å². The van der Waals surface area contributed by atoms with Crippen LogP contribution in [0.5, 0.6) is 11.5 Å². The molecule has 0 aliphatic heterocycles. The van der Waals surface area contributed by atoms with Gasteiger partial charge >= 0.3 is 18.0 Å². The van der Waals surface area contributed by atoms with Crippen LogP contribution in [0.15, 0.2) is 136 Å². The Morgan fingerprint density at radius 2 is 0.765 bits per heavy atom. The number of nitrogens with zero attached hydrogens (tertiary/aromatic N) is 8. The summed E-state index contributed by atoms with van der Waals surface area (Å²) in [6.07, 6.45) is 0.431. The maximum Gasteiger partial charge on any atom is 0.338 e.